The van der Waals surface area contributed by atoms with E-state index in [1.54, 1.807) is 16.9 Å². The normalized spacial score (nSPS) is 10.2. The molecular formula is C13H9N5. The Kier molecular flexibility index (Phi) is 2.44. The zero-order valence-electron chi connectivity index (χ0n) is 9.43. The van der Waals surface area contributed by atoms with Crippen molar-refractivity contribution in [3.8, 4) is 5.69 Å². The zero-order valence-corrected chi connectivity index (χ0v) is 9.43. The van der Waals surface area contributed by atoms with Gasteiger partial charge < -0.3 is 0 Å². The minimum atomic E-state index is 0.564. The van der Waals surface area contributed by atoms with E-state index in [0.717, 1.165) is 16.6 Å². The summed E-state index contributed by atoms with van der Waals surface area (Å²) in [5, 5.41) is 9.08. The maximum Gasteiger partial charge on any atom is 0.0748 e. The molecule has 0 atom stereocenters. The van der Waals surface area contributed by atoms with Gasteiger partial charge in [0.25, 0.3) is 0 Å². The molecule has 5 heteroatoms. The van der Waals surface area contributed by atoms with Crippen LogP contribution in [-0.2, 0) is 0 Å². The van der Waals surface area contributed by atoms with Crippen molar-refractivity contribution in [3.63, 3.8) is 0 Å². The van der Waals surface area contributed by atoms with E-state index >= 15 is 0 Å². The van der Waals surface area contributed by atoms with Crippen LogP contribution in [0.25, 0.3) is 27.0 Å². The predicted octanol–water partition coefficient (Wildman–Crippen LogP) is 3.97. The van der Waals surface area contributed by atoms with E-state index in [0.29, 0.717) is 5.69 Å². The van der Waals surface area contributed by atoms with E-state index in [9.17, 15) is 0 Å². The Hall–Kier alpha value is -2.78. The molecule has 0 spiro atoms. The van der Waals surface area contributed by atoms with Crippen LogP contribution in [0.15, 0.2) is 59.8 Å². The Morgan fingerprint density at radius 3 is 2.72 bits per heavy atom. The Labute approximate surface area is 103 Å². The van der Waals surface area contributed by atoms with Crippen molar-refractivity contribution < 1.29 is 0 Å². The lowest BCUT2D eigenvalue weighted by Crippen LogP contribution is -1.95. The lowest BCUT2D eigenvalue weighted by atomic mass is 10.2. The van der Waals surface area contributed by atoms with Crippen LogP contribution in [0.5, 0.6) is 0 Å². The molecule has 18 heavy (non-hydrogen) atoms. The van der Waals surface area contributed by atoms with E-state index in [-0.39, 0.29) is 0 Å². The highest BCUT2D eigenvalue weighted by Crippen LogP contribution is 2.26. The molecule has 86 valence electrons. The molecule has 0 radical (unpaired) electrons. The summed E-state index contributed by atoms with van der Waals surface area (Å²) in [6.07, 6.45) is 1.79. The van der Waals surface area contributed by atoms with Gasteiger partial charge in [-0.3, -0.25) is 0 Å². The fraction of sp³-hybridized carbons (Fsp3) is 0. The van der Waals surface area contributed by atoms with Gasteiger partial charge in [0.2, 0.25) is 0 Å². The second-order valence-electron chi connectivity index (χ2n) is 3.79. The summed E-state index contributed by atoms with van der Waals surface area (Å²) in [7, 11) is 0. The molecule has 0 aliphatic carbocycles. The number of nitrogens with zero attached hydrogens (tertiary/aromatic N) is 5. The van der Waals surface area contributed by atoms with Crippen molar-refractivity contribution in [2.45, 2.75) is 0 Å². The van der Waals surface area contributed by atoms with Gasteiger partial charge in [-0.25, -0.2) is 4.68 Å². The number of benzene rings is 2. The summed E-state index contributed by atoms with van der Waals surface area (Å²) < 4.78 is 1.78. The Balaban J connectivity index is 2.29. The van der Waals surface area contributed by atoms with Crippen LogP contribution in [0.4, 0.5) is 5.69 Å². The highest BCUT2D eigenvalue weighted by Gasteiger charge is 2.07. The van der Waals surface area contributed by atoms with Crippen LogP contribution in [0.2, 0.25) is 0 Å². The number of hydrogen-bond donors (Lipinski definition) is 0. The van der Waals surface area contributed by atoms with E-state index in [1.807, 2.05) is 42.5 Å². The minimum absolute atomic E-state index is 0.564. The maximum atomic E-state index is 8.58. The molecule has 1 heterocycles. The van der Waals surface area contributed by atoms with E-state index in [2.05, 4.69) is 15.1 Å². The summed E-state index contributed by atoms with van der Waals surface area (Å²) in [5.41, 5.74) is 10.9. The number of hydrogen-bond acceptors (Lipinski definition) is 2. The standard InChI is InChI=1S/C13H9N5/c14-17-16-11-6-2-4-8-13(11)18-12-7-3-1-5-10(12)9-15-18/h1-9H. The summed E-state index contributed by atoms with van der Waals surface area (Å²) in [6.45, 7) is 0. The first kappa shape index (κ1) is 10.4. The third-order valence-electron chi connectivity index (χ3n) is 2.74. The highest BCUT2D eigenvalue weighted by atomic mass is 15.3. The molecule has 0 bridgehead atoms. The Bertz CT molecular complexity index is 753. The molecule has 5 nitrogen and oxygen atoms in total. The van der Waals surface area contributed by atoms with Crippen molar-refractivity contribution in [1.29, 1.82) is 0 Å². The van der Waals surface area contributed by atoms with Gasteiger partial charge in [-0.05, 0) is 17.7 Å². The second kappa shape index (κ2) is 4.24. The lowest BCUT2D eigenvalue weighted by Gasteiger charge is -2.06. The summed E-state index contributed by atoms with van der Waals surface area (Å²) in [4.78, 5) is 2.84. The first-order chi connectivity index (χ1) is 8.90. The van der Waals surface area contributed by atoms with E-state index < -0.39 is 0 Å². The minimum Gasteiger partial charge on any atom is -0.233 e. The van der Waals surface area contributed by atoms with Crippen LogP contribution in [0.3, 0.4) is 0 Å². The van der Waals surface area contributed by atoms with Crippen LogP contribution < -0.4 is 0 Å². The Morgan fingerprint density at radius 2 is 1.83 bits per heavy atom. The number of aromatic nitrogens is 2. The molecule has 0 unspecified atom stereocenters. The zero-order chi connectivity index (χ0) is 12.4. The third kappa shape index (κ3) is 1.59. The summed E-state index contributed by atoms with van der Waals surface area (Å²) in [6, 6.07) is 15.3. The van der Waals surface area contributed by atoms with Gasteiger partial charge in [-0.2, -0.15) is 5.10 Å². The van der Waals surface area contributed by atoms with Crippen molar-refractivity contribution in [2.75, 3.05) is 0 Å². The number of azide groups is 1. The quantitative estimate of drug-likeness (QED) is 0.376. The molecular weight excluding hydrogens is 226 g/mol. The molecule has 2 aromatic carbocycles. The van der Waals surface area contributed by atoms with Crippen LogP contribution >= 0.6 is 0 Å². The maximum absolute atomic E-state index is 8.58. The first-order valence-corrected chi connectivity index (χ1v) is 5.47. The Morgan fingerprint density at radius 1 is 1.06 bits per heavy atom. The molecule has 3 rings (SSSR count). The van der Waals surface area contributed by atoms with Gasteiger partial charge in [0.05, 0.1) is 23.1 Å². The van der Waals surface area contributed by atoms with Gasteiger partial charge in [0.1, 0.15) is 0 Å². The van der Waals surface area contributed by atoms with Gasteiger partial charge in [0.15, 0.2) is 0 Å². The molecule has 0 aliphatic heterocycles. The average molecular weight is 235 g/mol. The van der Waals surface area contributed by atoms with Crippen molar-refractivity contribution >= 4 is 16.6 Å². The van der Waals surface area contributed by atoms with Crippen molar-refractivity contribution in [3.05, 3.63) is 65.2 Å². The molecule has 0 amide bonds. The fourth-order valence-corrected chi connectivity index (χ4v) is 1.94. The SMILES string of the molecule is [N-]=[N+]=Nc1ccccc1-n1ncc2ccccc21. The third-order valence-corrected chi connectivity index (χ3v) is 2.74. The number of rotatable bonds is 2. The largest absolute Gasteiger partial charge is 0.233 e. The van der Waals surface area contributed by atoms with Crippen molar-refractivity contribution in [1.82, 2.24) is 9.78 Å². The first-order valence-electron chi connectivity index (χ1n) is 5.47. The predicted molar refractivity (Wildman–Crippen MR) is 69.9 cm³/mol. The van der Waals surface area contributed by atoms with Crippen LogP contribution in [0, 0.1) is 0 Å². The molecule has 0 aliphatic rings. The smallest absolute Gasteiger partial charge is 0.0748 e. The van der Waals surface area contributed by atoms with E-state index in [1.165, 1.54) is 0 Å². The highest BCUT2D eigenvalue weighted by molar-refractivity contribution is 5.81. The molecule has 0 saturated carbocycles. The second-order valence-corrected chi connectivity index (χ2v) is 3.79. The molecule has 1 aromatic heterocycles. The average Bonchev–Trinajstić information content (AvgIpc) is 2.84. The molecule has 0 saturated heterocycles. The lowest BCUT2D eigenvalue weighted by molar-refractivity contribution is 0.910. The van der Waals surface area contributed by atoms with Crippen LogP contribution in [0.1, 0.15) is 0 Å². The monoisotopic (exact) mass is 235 g/mol. The fourth-order valence-electron chi connectivity index (χ4n) is 1.94. The van der Waals surface area contributed by atoms with Crippen molar-refractivity contribution in [2.24, 2.45) is 5.11 Å². The van der Waals surface area contributed by atoms with Crippen LogP contribution in [-0.4, -0.2) is 9.78 Å². The molecule has 0 N–H and O–H groups in total. The molecule has 3 aromatic rings. The van der Waals surface area contributed by atoms with Gasteiger partial charge in [-0.1, -0.05) is 41.5 Å². The molecule has 0 fully saturated rings. The summed E-state index contributed by atoms with van der Waals surface area (Å²) in [5.74, 6) is 0. The topological polar surface area (TPSA) is 66.6 Å². The van der Waals surface area contributed by atoms with Gasteiger partial charge in [-0.15, -0.1) is 0 Å². The van der Waals surface area contributed by atoms with Gasteiger partial charge in [0, 0.05) is 10.3 Å². The number of fused-ring (bicyclic) bond motifs is 1. The van der Waals surface area contributed by atoms with Gasteiger partial charge >= 0.3 is 0 Å². The summed E-state index contributed by atoms with van der Waals surface area (Å²) >= 11 is 0. The number of para-hydroxylation sites is 2. The van der Waals surface area contributed by atoms with E-state index in [4.69, 9.17) is 5.53 Å².